The second kappa shape index (κ2) is 4.99. The maximum Gasteiger partial charge on any atom is 0.329 e. The third-order valence-corrected chi connectivity index (χ3v) is 4.90. The van der Waals surface area contributed by atoms with Gasteiger partial charge in [0, 0.05) is 30.7 Å². The fraction of sp³-hybridized carbons (Fsp3) is 0.625. The first-order valence-corrected chi connectivity index (χ1v) is 7.25. The van der Waals surface area contributed by atoms with Crippen molar-refractivity contribution in [1.82, 2.24) is 4.98 Å². The molecule has 1 fully saturated rings. The number of rotatable bonds is 2. The van der Waals surface area contributed by atoms with Gasteiger partial charge in [0.05, 0.1) is 5.60 Å². The molecule has 1 aliphatic rings. The average molecular weight is 272 g/mol. The highest BCUT2D eigenvalue weighted by molar-refractivity contribution is 6.70. The molecule has 1 aliphatic heterocycles. The van der Waals surface area contributed by atoms with Gasteiger partial charge in [0.15, 0.2) is 0 Å². The maximum absolute atomic E-state index is 6.38. The highest BCUT2D eigenvalue weighted by Gasteiger charge is 2.50. The van der Waals surface area contributed by atoms with E-state index in [1.165, 1.54) is 11.0 Å². The van der Waals surface area contributed by atoms with Crippen LogP contribution in [-0.2, 0) is 4.65 Å². The fourth-order valence-corrected chi connectivity index (χ4v) is 2.89. The van der Waals surface area contributed by atoms with Crippen LogP contribution in [0, 0.1) is 19.3 Å². The summed E-state index contributed by atoms with van der Waals surface area (Å²) in [5.74, 6) is 0. The Morgan fingerprint density at radius 1 is 1.30 bits per heavy atom. The van der Waals surface area contributed by atoms with Gasteiger partial charge in [-0.3, -0.25) is 9.98 Å². The zero-order valence-electron chi connectivity index (χ0n) is 13.7. The van der Waals surface area contributed by atoms with Crippen molar-refractivity contribution in [2.45, 2.75) is 53.5 Å². The van der Waals surface area contributed by atoms with Gasteiger partial charge in [-0.15, -0.1) is 0 Å². The molecule has 108 valence electrons. The second-order valence-corrected chi connectivity index (χ2v) is 6.95. The number of aryl methyl sites for hydroxylation is 2. The minimum Gasteiger partial charge on any atom is -0.425 e. The lowest BCUT2D eigenvalue weighted by Gasteiger charge is -2.34. The summed E-state index contributed by atoms with van der Waals surface area (Å²) in [5, 5.41) is 0. The van der Waals surface area contributed by atoms with Crippen molar-refractivity contribution in [3.63, 3.8) is 0 Å². The number of nitrogens with zero attached hydrogens (tertiary/aromatic N) is 2. The largest absolute Gasteiger partial charge is 0.425 e. The van der Waals surface area contributed by atoms with E-state index in [4.69, 9.17) is 4.65 Å². The van der Waals surface area contributed by atoms with Crippen molar-refractivity contribution in [2.24, 2.45) is 10.4 Å². The summed E-state index contributed by atoms with van der Waals surface area (Å²) in [6, 6.07) is 0. The molecular formula is C16H25BN2O. The van der Waals surface area contributed by atoms with Gasteiger partial charge in [-0.2, -0.15) is 0 Å². The lowest BCUT2D eigenvalue weighted by atomic mass is 9.52. The van der Waals surface area contributed by atoms with E-state index in [9.17, 15) is 0 Å². The molecule has 0 N–H and O–H groups in total. The van der Waals surface area contributed by atoms with Crippen LogP contribution in [0.3, 0.4) is 0 Å². The normalized spacial score (nSPS) is 20.9. The maximum atomic E-state index is 6.38. The number of pyridine rings is 1. The standard InChI is InChI=1S/C16H25BN2O/c1-11-8-19-12(2)13(9-18-7)14(11)17-10-15(3,4)16(5,6)20-17/h8-9H,10H2,1-7H3. The van der Waals surface area contributed by atoms with Crippen molar-refractivity contribution in [3.8, 4) is 0 Å². The summed E-state index contributed by atoms with van der Waals surface area (Å²) < 4.78 is 6.38. The van der Waals surface area contributed by atoms with Crippen LogP contribution in [0.4, 0.5) is 0 Å². The van der Waals surface area contributed by atoms with Gasteiger partial charge >= 0.3 is 6.92 Å². The van der Waals surface area contributed by atoms with E-state index in [0.29, 0.717) is 0 Å². The predicted molar refractivity (Wildman–Crippen MR) is 86.4 cm³/mol. The Labute approximate surface area is 123 Å². The second-order valence-electron chi connectivity index (χ2n) is 6.95. The first-order chi connectivity index (χ1) is 9.19. The third-order valence-electron chi connectivity index (χ3n) is 4.90. The quantitative estimate of drug-likeness (QED) is 0.613. The van der Waals surface area contributed by atoms with Crippen molar-refractivity contribution in [1.29, 1.82) is 0 Å². The summed E-state index contributed by atoms with van der Waals surface area (Å²) in [5.41, 5.74) is 4.60. The Balaban J connectivity index is 2.52. The fourth-order valence-electron chi connectivity index (χ4n) is 2.89. The lowest BCUT2D eigenvalue weighted by molar-refractivity contribution is 0.0375. The van der Waals surface area contributed by atoms with Crippen LogP contribution >= 0.6 is 0 Å². The van der Waals surface area contributed by atoms with Crippen LogP contribution in [0.1, 0.15) is 44.5 Å². The molecule has 0 saturated carbocycles. The van der Waals surface area contributed by atoms with Gasteiger partial charge in [0.1, 0.15) is 0 Å². The van der Waals surface area contributed by atoms with E-state index in [1.807, 2.05) is 19.3 Å². The number of hydrogen-bond donors (Lipinski definition) is 0. The Bertz CT molecular complexity index is 534. The lowest BCUT2D eigenvalue weighted by Crippen LogP contribution is -2.38. The van der Waals surface area contributed by atoms with Crippen LogP contribution < -0.4 is 5.46 Å². The molecule has 1 aromatic rings. The van der Waals surface area contributed by atoms with Gasteiger partial charge in [-0.1, -0.05) is 13.8 Å². The van der Waals surface area contributed by atoms with Crippen molar-refractivity contribution in [3.05, 3.63) is 23.0 Å². The average Bonchev–Trinajstić information content (AvgIpc) is 2.53. The van der Waals surface area contributed by atoms with E-state index >= 15 is 0 Å². The van der Waals surface area contributed by atoms with Gasteiger partial charge in [0.2, 0.25) is 0 Å². The van der Waals surface area contributed by atoms with Gasteiger partial charge in [-0.05, 0) is 50.5 Å². The summed E-state index contributed by atoms with van der Waals surface area (Å²) in [4.78, 5) is 8.65. The van der Waals surface area contributed by atoms with Crippen molar-refractivity contribution < 1.29 is 4.65 Å². The number of aromatic nitrogens is 1. The summed E-state index contributed by atoms with van der Waals surface area (Å²) in [7, 11) is 1.80. The van der Waals surface area contributed by atoms with Gasteiger partial charge < -0.3 is 4.65 Å². The van der Waals surface area contributed by atoms with Crippen LogP contribution in [0.25, 0.3) is 0 Å². The highest BCUT2D eigenvalue weighted by Crippen LogP contribution is 2.45. The Morgan fingerprint density at radius 3 is 2.45 bits per heavy atom. The zero-order chi connectivity index (χ0) is 15.1. The zero-order valence-corrected chi connectivity index (χ0v) is 13.7. The molecule has 20 heavy (non-hydrogen) atoms. The van der Waals surface area contributed by atoms with E-state index in [2.05, 4.69) is 44.6 Å². The van der Waals surface area contributed by atoms with E-state index in [1.54, 1.807) is 7.05 Å². The molecule has 0 unspecified atom stereocenters. The highest BCUT2D eigenvalue weighted by atomic mass is 16.5. The first kappa shape index (κ1) is 15.2. The Morgan fingerprint density at radius 2 is 1.95 bits per heavy atom. The molecule has 0 aliphatic carbocycles. The summed E-state index contributed by atoms with van der Waals surface area (Å²) in [6.07, 6.45) is 4.88. The first-order valence-electron chi connectivity index (χ1n) is 7.25. The molecule has 0 atom stereocenters. The molecule has 0 amide bonds. The smallest absolute Gasteiger partial charge is 0.329 e. The molecule has 4 heteroatoms. The van der Waals surface area contributed by atoms with E-state index < -0.39 is 0 Å². The predicted octanol–water partition coefficient (Wildman–Crippen LogP) is 2.78. The van der Waals surface area contributed by atoms with Crippen LogP contribution in [0.5, 0.6) is 0 Å². The minimum absolute atomic E-state index is 0.120. The van der Waals surface area contributed by atoms with Crippen LogP contribution in [0.15, 0.2) is 11.2 Å². The number of hydrogen-bond acceptors (Lipinski definition) is 3. The molecule has 1 aromatic heterocycles. The minimum atomic E-state index is -0.123. The van der Waals surface area contributed by atoms with Crippen LogP contribution in [0.2, 0.25) is 6.32 Å². The van der Waals surface area contributed by atoms with Gasteiger partial charge in [-0.25, -0.2) is 0 Å². The molecule has 3 nitrogen and oxygen atoms in total. The SMILES string of the molecule is CN=Cc1c(C)ncc(C)c1B1CC(C)(C)C(C)(C)O1. The topological polar surface area (TPSA) is 34.5 Å². The van der Waals surface area contributed by atoms with Crippen molar-refractivity contribution in [2.75, 3.05) is 7.05 Å². The molecule has 1 saturated heterocycles. The molecular weight excluding hydrogens is 247 g/mol. The number of aliphatic imine (C=N–C) groups is 1. The van der Waals surface area contributed by atoms with Crippen molar-refractivity contribution >= 4 is 18.6 Å². The summed E-state index contributed by atoms with van der Waals surface area (Å²) >= 11 is 0. The van der Waals surface area contributed by atoms with Gasteiger partial charge in [0.25, 0.3) is 0 Å². The Hall–Kier alpha value is -1.16. The molecule has 0 spiro atoms. The molecule has 2 heterocycles. The van der Waals surface area contributed by atoms with Crippen LogP contribution in [-0.4, -0.2) is 30.8 Å². The summed E-state index contributed by atoms with van der Waals surface area (Å²) in [6.45, 7) is 13.2. The monoisotopic (exact) mass is 272 g/mol. The Kier molecular flexibility index (Phi) is 3.80. The third kappa shape index (κ3) is 2.42. The molecule has 0 aromatic carbocycles. The molecule has 2 rings (SSSR count). The van der Waals surface area contributed by atoms with E-state index in [0.717, 1.165) is 17.6 Å². The van der Waals surface area contributed by atoms with E-state index in [-0.39, 0.29) is 17.9 Å². The molecule has 0 bridgehead atoms. The molecule has 0 radical (unpaired) electrons.